The lowest BCUT2D eigenvalue weighted by molar-refractivity contribution is -0.192. The molecule has 13 heteroatoms. The van der Waals surface area contributed by atoms with Crippen molar-refractivity contribution in [2.75, 3.05) is 11.9 Å². The molecule has 2 heterocycles. The van der Waals surface area contributed by atoms with E-state index in [-0.39, 0.29) is 23.9 Å². The van der Waals surface area contributed by atoms with Crippen LogP contribution in [-0.4, -0.2) is 57.9 Å². The fraction of sp³-hybridized carbons (Fsp3) is 0.367. The van der Waals surface area contributed by atoms with E-state index in [1.165, 1.54) is 28.5 Å². The summed E-state index contributed by atoms with van der Waals surface area (Å²) in [5.41, 5.74) is 2.44. The van der Waals surface area contributed by atoms with Gasteiger partial charge in [0.15, 0.2) is 0 Å². The maximum atomic E-state index is 12.8. The minimum absolute atomic E-state index is 0.00926. The van der Waals surface area contributed by atoms with Crippen LogP contribution in [0, 0.1) is 0 Å². The van der Waals surface area contributed by atoms with Crippen molar-refractivity contribution in [1.29, 1.82) is 0 Å². The zero-order valence-corrected chi connectivity index (χ0v) is 24.2. The molecule has 1 fully saturated rings. The van der Waals surface area contributed by atoms with Crippen LogP contribution in [0.4, 0.5) is 18.3 Å². The van der Waals surface area contributed by atoms with E-state index in [1.807, 2.05) is 36.4 Å². The Hall–Kier alpha value is -4.10. The van der Waals surface area contributed by atoms with Gasteiger partial charge in [-0.05, 0) is 49.8 Å². The van der Waals surface area contributed by atoms with Crippen LogP contribution < -0.4 is 16.0 Å². The van der Waals surface area contributed by atoms with Gasteiger partial charge in [0, 0.05) is 18.5 Å². The van der Waals surface area contributed by atoms with E-state index in [9.17, 15) is 22.8 Å². The molecule has 4 N–H and O–H groups in total. The summed E-state index contributed by atoms with van der Waals surface area (Å²) in [6.07, 6.45) is 4.31. The van der Waals surface area contributed by atoms with Gasteiger partial charge in [0.05, 0.1) is 6.04 Å². The number of nitrogens with zero attached hydrogens (tertiary/aromatic N) is 2. The Labute approximate surface area is 251 Å². The molecule has 3 aromatic rings. The van der Waals surface area contributed by atoms with E-state index in [4.69, 9.17) is 9.90 Å². The molecule has 1 aliphatic rings. The molecule has 9 nitrogen and oxygen atoms in total. The number of hydrogen-bond acceptors (Lipinski definition) is 7. The molecular weight excluding hydrogens is 583 g/mol. The lowest BCUT2D eigenvalue weighted by Gasteiger charge is -2.25. The molecule has 2 amide bonds. The summed E-state index contributed by atoms with van der Waals surface area (Å²) in [5, 5.41) is 26.0. The number of nitrogens with one attached hydrogen (secondary N) is 3. The molecule has 43 heavy (non-hydrogen) atoms. The highest BCUT2D eigenvalue weighted by molar-refractivity contribution is 7.15. The van der Waals surface area contributed by atoms with Crippen LogP contribution in [-0.2, 0) is 33.6 Å². The number of hydrogen-bond donors (Lipinski definition) is 4. The quantitative estimate of drug-likeness (QED) is 0.229. The fourth-order valence-corrected chi connectivity index (χ4v) is 4.94. The third-order valence-corrected chi connectivity index (χ3v) is 7.33. The zero-order valence-electron chi connectivity index (χ0n) is 23.3. The lowest BCUT2D eigenvalue weighted by atomic mass is 10.0. The second kappa shape index (κ2) is 17.1. The molecule has 0 radical (unpaired) electrons. The Morgan fingerprint density at radius 3 is 2.19 bits per heavy atom. The Kier molecular flexibility index (Phi) is 13.3. The largest absolute Gasteiger partial charge is 0.490 e. The van der Waals surface area contributed by atoms with Crippen LogP contribution in [0.25, 0.3) is 0 Å². The molecular formula is C30H34F3N5O4S. The van der Waals surface area contributed by atoms with Gasteiger partial charge in [-0.2, -0.15) is 13.2 Å². The molecule has 0 bridgehead atoms. The van der Waals surface area contributed by atoms with Crippen molar-refractivity contribution in [3.63, 3.8) is 0 Å². The molecule has 1 saturated heterocycles. The van der Waals surface area contributed by atoms with Gasteiger partial charge in [-0.15, -0.1) is 10.2 Å². The molecule has 0 spiro atoms. The molecule has 230 valence electrons. The Bertz CT molecular complexity index is 1330. The number of amides is 2. The normalized spacial score (nSPS) is 15.7. The lowest BCUT2D eigenvalue weighted by Crippen LogP contribution is -2.49. The molecule has 2 atom stereocenters. The number of alkyl halides is 3. The van der Waals surface area contributed by atoms with Crippen LogP contribution in [0.5, 0.6) is 0 Å². The monoisotopic (exact) mass is 617 g/mol. The van der Waals surface area contributed by atoms with E-state index in [1.54, 1.807) is 6.08 Å². The van der Waals surface area contributed by atoms with Crippen molar-refractivity contribution in [1.82, 2.24) is 20.8 Å². The highest BCUT2D eigenvalue weighted by atomic mass is 32.1. The number of carboxylic acid groups (broad SMARTS) is 1. The highest BCUT2D eigenvalue weighted by Gasteiger charge is 2.38. The van der Waals surface area contributed by atoms with Gasteiger partial charge < -0.3 is 15.7 Å². The minimum Gasteiger partial charge on any atom is -0.475 e. The van der Waals surface area contributed by atoms with Gasteiger partial charge in [0.25, 0.3) is 0 Å². The van der Waals surface area contributed by atoms with Crippen molar-refractivity contribution >= 4 is 34.3 Å². The molecule has 0 unspecified atom stereocenters. The number of halogens is 3. The molecule has 2 aromatic carbocycles. The van der Waals surface area contributed by atoms with E-state index >= 15 is 0 Å². The summed E-state index contributed by atoms with van der Waals surface area (Å²) >= 11 is 1.39. The Balaban J connectivity index is 0.000000646. The third kappa shape index (κ3) is 12.7. The predicted molar refractivity (Wildman–Crippen MR) is 158 cm³/mol. The van der Waals surface area contributed by atoms with Crippen LogP contribution in [0.15, 0.2) is 72.8 Å². The maximum Gasteiger partial charge on any atom is 0.490 e. The number of anilines is 1. The van der Waals surface area contributed by atoms with Crippen molar-refractivity contribution < 1.29 is 32.7 Å². The van der Waals surface area contributed by atoms with Crippen molar-refractivity contribution in [2.45, 2.75) is 63.2 Å². The SMILES string of the molecule is O=C(C=C[C@H](CCc1ccccc1)NC(=O)[C@@H]1CCCCN1)Nc1nnc(CCc2ccccc2)s1.O=C(O)C(F)(F)F. The second-order valence-electron chi connectivity index (χ2n) is 9.78. The standard InChI is InChI=1S/C28H33N5O2S.C2HF3O2/c34-25(31-28-33-32-26(36-28)19-15-22-11-5-2-6-12-22)18-17-23(16-14-21-9-3-1-4-10-21)30-27(35)24-13-7-8-20-29-24;3-2(4,5)1(6)7/h1-6,9-12,17-18,23-24,29H,7-8,13-16,19-20H2,(H,30,35)(H,31,33,34);(H,6,7)/t23-,24-;/m0./s1. The van der Waals surface area contributed by atoms with Gasteiger partial charge in [0.1, 0.15) is 5.01 Å². The van der Waals surface area contributed by atoms with E-state index < -0.39 is 12.1 Å². The Morgan fingerprint density at radius 2 is 1.60 bits per heavy atom. The molecule has 4 rings (SSSR count). The number of aliphatic carboxylic acids is 1. The average Bonchev–Trinajstić information content (AvgIpc) is 3.45. The summed E-state index contributed by atoms with van der Waals surface area (Å²) in [7, 11) is 0. The number of carboxylic acids is 1. The summed E-state index contributed by atoms with van der Waals surface area (Å²) in [6, 6.07) is 20.0. The Morgan fingerprint density at radius 1 is 0.977 bits per heavy atom. The zero-order chi connectivity index (χ0) is 31.1. The van der Waals surface area contributed by atoms with E-state index in [0.29, 0.717) is 11.6 Å². The highest BCUT2D eigenvalue weighted by Crippen LogP contribution is 2.18. The summed E-state index contributed by atoms with van der Waals surface area (Å²) in [4.78, 5) is 34.3. The first kappa shape index (κ1) is 33.4. The first-order chi connectivity index (χ1) is 20.6. The van der Waals surface area contributed by atoms with Crippen molar-refractivity contribution in [2.24, 2.45) is 0 Å². The number of carbonyl (C=O) groups is 3. The van der Waals surface area contributed by atoms with Gasteiger partial charge in [0.2, 0.25) is 16.9 Å². The van der Waals surface area contributed by atoms with Crippen LogP contribution in [0.1, 0.15) is 41.8 Å². The number of carbonyl (C=O) groups excluding carboxylic acids is 2. The van der Waals surface area contributed by atoms with Gasteiger partial charge >= 0.3 is 12.1 Å². The van der Waals surface area contributed by atoms with Crippen molar-refractivity contribution in [3.05, 3.63) is 89.0 Å². The number of rotatable bonds is 11. The smallest absolute Gasteiger partial charge is 0.475 e. The fourth-order valence-electron chi connectivity index (χ4n) is 4.19. The minimum atomic E-state index is -5.08. The number of aryl methyl sites for hydroxylation is 3. The van der Waals surface area contributed by atoms with Crippen LogP contribution in [0.3, 0.4) is 0 Å². The summed E-state index contributed by atoms with van der Waals surface area (Å²) in [6.45, 7) is 0.861. The number of aromatic nitrogens is 2. The van der Waals surface area contributed by atoms with Gasteiger partial charge in [-0.3, -0.25) is 14.9 Å². The summed E-state index contributed by atoms with van der Waals surface area (Å²) < 4.78 is 31.7. The maximum absolute atomic E-state index is 12.8. The van der Waals surface area contributed by atoms with Gasteiger partial charge in [-0.1, -0.05) is 84.5 Å². The average molecular weight is 618 g/mol. The van der Waals surface area contributed by atoms with Crippen LogP contribution in [0.2, 0.25) is 0 Å². The molecule has 0 saturated carbocycles. The molecule has 1 aliphatic heterocycles. The topological polar surface area (TPSA) is 133 Å². The second-order valence-corrected chi connectivity index (χ2v) is 10.8. The van der Waals surface area contributed by atoms with E-state index in [2.05, 4.69) is 50.4 Å². The number of piperidine rings is 1. The molecule has 1 aromatic heterocycles. The predicted octanol–water partition coefficient (Wildman–Crippen LogP) is 4.71. The van der Waals surface area contributed by atoms with Gasteiger partial charge in [-0.25, -0.2) is 4.79 Å². The first-order valence-corrected chi connectivity index (χ1v) is 14.6. The van der Waals surface area contributed by atoms with E-state index in [0.717, 1.165) is 50.1 Å². The molecule has 0 aliphatic carbocycles. The van der Waals surface area contributed by atoms with Crippen molar-refractivity contribution in [3.8, 4) is 0 Å². The number of benzene rings is 2. The summed E-state index contributed by atoms with van der Waals surface area (Å²) in [5.74, 6) is -3.05. The first-order valence-electron chi connectivity index (χ1n) is 13.8. The third-order valence-electron chi connectivity index (χ3n) is 6.43. The van der Waals surface area contributed by atoms with Crippen LogP contribution >= 0.6 is 11.3 Å².